The van der Waals surface area contributed by atoms with Crippen LogP contribution in [0.5, 0.6) is 5.88 Å². The van der Waals surface area contributed by atoms with E-state index in [-0.39, 0.29) is 5.91 Å². The summed E-state index contributed by atoms with van der Waals surface area (Å²) in [4.78, 5) is 17.2. The van der Waals surface area contributed by atoms with Gasteiger partial charge in [0.05, 0.1) is 11.4 Å². The van der Waals surface area contributed by atoms with Crippen LogP contribution in [0.3, 0.4) is 0 Å². The fraction of sp³-hybridized carbons (Fsp3) is 0.208. The minimum absolute atomic E-state index is 0.230. The van der Waals surface area contributed by atoms with Crippen LogP contribution in [-0.4, -0.2) is 26.8 Å². The number of hydrogen-bond acceptors (Lipinski definition) is 4. The maximum absolute atomic E-state index is 12.6. The van der Waals surface area contributed by atoms with Crippen LogP contribution in [0.25, 0.3) is 16.7 Å². The number of carbonyl (C=O) groups excluding carboxylic acids is 1. The number of pyridine rings is 1. The van der Waals surface area contributed by atoms with Crippen molar-refractivity contribution in [1.29, 1.82) is 0 Å². The normalized spacial score (nSPS) is 12.0. The van der Waals surface area contributed by atoms with E-state index < -0.39 is 6.10 Å². The number of fused-ring (bicyclic) bond motifs is 1. The Bertz CT molecular complexity index is 1200. The summed E-state index contributed by atoms with van der Waals surface area (Å²) in [5.41, 5.74) is 5.40. The number of benzene rings is 2. The second-order valence-electron chi connectivity index (χ2n) is 7.42. The largest absolute Gasteiger partial charge is 0.464 e. The van der Waals surface area contributed by atoms with Crippen LogP contribution in [0.15, 0.2) is 60.7 Å². The molecule has 0 aliphatic carbocycles. The van der Waals surface area contributed by atoms with E-state index in [0.29, 0.717) is 11.5 Å². The molecule has 0 radical (unpaired) electrons. The predicted molar refractivity (Wildman–Crippen MR) is 118 cm³/mol. The van der Waals surface area contributed by atoms with Gasteiger partial charge < -0.3 is 10.1 Å². The van der Waals surface area contributed by atoms with Gasteiger partial charge in [0.2, 0.25) is 5.88 Å². The number of nitrogens with one attached hydrogen (secondary N) is 1. The number of hydrogen-bond donors (Lipinski definition) is 1. The molecule has 2 aromatic carbocycles. The van der Waals surface area contributed by atoms with E-state index in [4.69, 9.17) is 4.74 Å². The van der Waals surface area contributed by atoms with Crippen molar-refractivity contribution in [3.63, 3.8) is 0 Å². The first kappa shape index (κ1) is 19.6. The summed E-state index contributed by atoms with van der Waals surface area (Å²) in [7, 11) is 0. The molecule has 0 unspecified atom stereocenters. The molecule has 1 amide bonds. The van der Waals surface area contributed by atoms with E-state index in [9.17, 15) is 4.79 Å². The first-order valence-electron chi connectivity index (χ1n) is 9.89. The lowest BCUT2D eigenvalue weighted by atomic mass is 10.1. The van der Waals surface area contributed by atoms with E-state index in [0.717, 1.165) is 33.6 Å². The molecule has 0 saturated heterocycles. The molecule has 0 fully saturated rings. The van der Waals surface area contributed by atoms with Crippen LogP contribution in [0.2, 0.25) is 0 Å². The highest BCUT2D eigenvalue weighted by Crippen LogP contribution is 2.27. The summed E-state index contributed by atoms with van der Waals surface area (Å²) in [5.74, 6) is 0.162. The van der Waals surface area contributed by atoms with Gasteiger partial charge in [-0.2, -0.15) is 10.1 Å². The molecule has 0 aliphatic heterocycles. The van der Waals surface area contributed by atoms with Crippen LogP contribution in [0.4, 0.5) is 5.69 Å². The highest BCUT2D eigenvalue weighted by Gasteiger charge is 2.19. The van der Waals surface area contributed by atoms with Gasteiger partial charge in [0.1, 0.15) is 0 Å². The monoisotopic (exact) mass is 400 g/mol. The second-order valence-corrected chi connectivity index (χ2v) is 7.42. The Labute approximate surface area is 175 Å². The number of aromatic nitrogens is 3. The van der Waals surface area contributed by atoms with Gasteiger partial charge in [-0.25, -0.2) is 4.68 Å². The van der Waals surface area contributed by atoms with Crippen molar-refractivity contribution in [3.8, 4) is 11.6 Å². The maximum Gasteiger partial charge on any atom is 0.265 e. The van der Waals surface area contributed by atoms with E-state index in [1.807, 2.05) is 86.1 Å². The van der Waals surface area contributed by atoms with Crippen molar-refractivity contribution in [2.45, 2.75) is 33.8 Å². The number of aryl methyl sites for hydroxylation is 3. The molecule has 30 heavy (non-hydrogen) atoms. The molecular weight excluding hydrogens is 376 g/mol. The minimum Gasteiger partial charge on any atom is -0.464 e. The lowest BCUT2D eigenvalue weighted by molar-refractivity contribution is -0.122. The Balaban J connectivity index is 1.61. The SMILES string of the molecule is Cc1ccc(NC(=O)[C@H](C)Oc2cc(C)c3c(C)nn(-c4ccccc4)c3n2)cc1. The number of rotatable bonds is 5. The lowest BCUT2D eigenvalue weighted by Crippen LogP contribution is -2.30. The van der Waals surface area contributed by atoms with Crippen LogP contribution in [0.1, 0.15) is 23.7 Å². The summed E-state index contributed by atoms with van der Waals surface area (Å²) < 4.78 is 7.70. The average Bonchev–Trinajstić information content (AvgIpc) is 3.07. The van der Waals surface area contributed by atoms with Crippen LogP contribution in [-0.2, 0) is 4.79 Å². The Hall–Kier alpha value is -3.67. The van der Waals surface area contributed by atoms with Crippen molar-refractivity contribution in [3.05, 3.63) is 77.5 Å². The molecule has 0 saturated carbocycles. The molecule has 2 heterocycles. The Morgan fingerprint density at radius 1 is 1.03 bits per heavy atom. The number of nitrogens with zero attached hydrogens (tertiary/aromatic N) is 3. The lowest BCUT2D eigenvalue weighted by Gasteiger charge is -2.15. The van der Waals surface area contributed by atoms with Gasteiger partial charge in [-0.1, -0.05) is 35.9 Å². The Morgan fingerprint density at radius 3 is 2.43 bits per heavy atom. The number of para-hydroxylation sites is 1. The summed E-state index contributed by atoms with van der Waals surface area (Å²) in [6.45, 7) is 7.68. The summed E-state index contributed by atoms with van der Waals surface area (Å²) >= 11 is 0. The fourth-order valence-electron chi connectivity index (χ4n) is 3.40. The molecule has 1 atom stereocenters. The zero-order chi connectivity index (χ0) is 21.3. The zero-order valence-corrected chi connectivity index (χ0v) is 17.5. The van der Waals surface area contributed by atoms with Gasteiger partial charge in [0.15, 0.2) is 11.8 Å². The van der Waals surface area contributed by atoms with Gasteiger partial charge in [-0.3, -0.25) is 4.79 Å². The smallest absolute Gasteiger partial charge is 0.265 e. The number of anilines is 1. The van der Waals surface area contributed by atoms with Crippen molar-refractivity contribution in [1.82, 2.24) is 14.8 Å². The first-order valence-corrected chi connectivity index (χ1v) is 9.89. The van der Waals surface area contributed by atoms with E-state index in [1.54, 1.807) is 6.92 Å². The maximum atomic E-state index is 12.6. The number of amides is 1. The molecule has 4 aromatic rings. The molecule has 4 rings (SSSR count). The van der Waals surface area contributed by atoms with Crippen molar-refractivity contribution < 1.29 is 9.53 Å². The first-order chi connectivity index (χ1) is 14.4. The molecule has 0 spiro atoms. The molecule has 1 N–H and O–H groups in total. The quantitative estimate of drug-likeness (QED) is 0.525. The highest BCUT2D eigenvalue weighted by molar-refractivity contribution is 5.94. The molecule has 6 nitrogen and oxygen atoms in total. The fourth-order valence-corrected chi connectivity index (χ4v) is 3.40. The summed E-state index contributed by atoms with van der Waals surface area (Å²) in [6, 6.07) is 19.3. The van der Waals surface area contributed by atoms with Crippen LogP contribution >= 0.6 is 0 Å². The molecule has 152 valence electrons. The second kappa shape index (κ2) is 7.99. The summed E-state index contributed by atoms with van der Waals surface area (Å²) in [6.07, 6.45) is -0.704. The third kappa shape index (κ3) is 3.89. The molecule has 0 aliphatic rings. The number of ether oxygens (including phenoxy) is 1. The third-order valence-corrected chi connectivity index (χ3v) is 4.97. The Kier molecular flexibility index (Phi) is 5.23. The Morgan fingerprint density at radius 2 is 1.73 bits per heavy atom. The predicted octanol–water partition coefficient (Wildman–Crippen LogP) is 4.75. The van der Waals surface area contributed by atoms with Gasteiger partial charge in [-0.15, -0.1) is 0 Å². The standard InChI is InChI=1S/C24H24N4O2/c1-15-10-12-19(13-11-15)25-24(29)18(4)30-21-14-16(2)22-17(3)27-28(23(22)26-21)20-8-6-5-7-9-20/h5-14,18H,1-4H3,(H,25,29)/t18-/m0/s1. The molecule has 6 heteroatoms. The van der Waals surface area contributed by atoms with E-state index in [1.165, 1.54) is 0 Å². The average molecular weight is 400 g/mol. The van der Waals surface area contributed by atoms with Crippen molar-refractivity contribution in [2.75, 3.05) is 5.32 Å². The van der Waals surface area contributed by atoms with E-state index in [2.05, 4.69) is 15.4 Å². The van der Waals surface area contributed by atoms with Crippen molar-refractivity contribution >= 4 is 22.6 Å². The summed E-state index contributed by atoms with van der Waals surface area (Å²) in [5, 5.41) is 8.52. The molecule has 0 bridgehead atoms. The molecular formula is C24H24N4O2. The van der Waals surface area contributed by atoms with Crippen LogP contribution in [0, 0.1) is 20.8 Å². The van der Waals surface area contributed by atoms with Gasteiger partial charge >= 0.3 is 0 Å². The van der Waals surface area contributed by atoms with Gasteiger partial charge in [0, 0.05) is 17.1 Å². The van der Waals surface area contributed by atoms with E-state index >= 15 is 0 Å². The van der Waals surface area contributed by atoms with Gasteiger partial charge in [-0.05, 0) is 57.5 Å². The zero-order valence-electron chi connectivity index (χ0n) is 17.5. The molecule has 2 aromatic heterocycles. The highest BCUT2D eigenvalue weighted by atomic mass is 16.5. The van der Waals surface area contributed by atoms with Crippen LogP contribution < -0.4 is 10.1 Å². The van der Waals surface area contributed by atoms with Gasteiger partial charge in [0.25, 0.3) is 5.91 Å². The van der Waals surface area contributed by atoms with Crippen molar-refractivity contribution in [2.24, 2.45) is 0 Å². The number of carbonyl (C=O) groups is 1. The third-order valence-electron chi connectivity index (χ3n) is 4.97. The minimum atomic E-state index is -0.704. The topological polar surface area (TPSA) is 69.0 Å².